The molecule has 0 aliphatic rings. The molecule has 5 nitrogen and oxygen atoms in total. The van der Waals surface area contributed by atoms with Gasteiger partial charge in [-0.25, -0.2) is 4.79 Å². The van der Waals surface area contributed by atoms with Gasteiger partial charge in [0.2, 0.25) is 0 Å². The number of aromatic carboxylic acids is 1. The predicted octanol–water partition coefficient (Wildman–Crippen LogP) is 2.56. The molecular weight excluding hydrogens is 280 g/mol. The van der Waals surface area contributed by atoms with Crippen LogP contribution in [0.25, 0.3) is 0 Å². The number of nitrogens with zero attached hydrogens (tertiary/aromatic N) is 1. The van der Waals surface area contributed by atoms with Crippen LogP contribution in [-0.2, 0) is 0 Å². The third-order valence-electron chi connectivity index (χ3n) is 2.52. The molecule has 0 atom stereocenters. The lowest BCUT2D eigenvalue weighted by Crippen LogP contribution is -1.99. The van der Waals surface area contributed by atoms with Crippen molar-refractivity contribution in [2.75, 3.05) is 5.43 Å². The van der Waals surface area contributed by atoms with Crippen LogP contribution in [0.1, 0.15) is 15.9 Å². The molecule has 2 rings (SSSR count). The van der Waals surface area contributed by atoms with E-state index in [1.54, 1.807) is 18.2 Å². The van der Waals surface area contributed by atoms with Gasteiger partial charge in [0.05, 0.1) is 22.5 Å². The molecule has 2 aromatic rings. The van der Waals surface area contributed by atoms with E-state index in [1.165, 1.54) is 30.5 Å². The Morgan fingerprint density at radius 2 is 2.05 bits per heavy atom. The Balaban J connectivity index is 2.17. The Hall–Kier alpha value is -2.53. The minimum Gasteiger partial charge on any atom is -0.872 e. The van der Waals surface area contributed by atoms with Crippen LogP contribution in [0, 0.1) is 0 Å². The number of anilines is 1. The van der Waals surface area contributed by atoms with Gasteiger partial charge < -0.3 is 10.2 Å². The molecule has 2 N–H and O–H groups in total. The lowest BCUT2D eigenvalue weighted by molar-refractivity contribution is -0.268. The van der Waals surface area contributed by atoms with Crippen LogP contribution in [0.2, 0.25) is 5.02 Å². The lowest BCUT2D eigenvalue weighted by Gasteiger charge is -2.08. The molecule has 0 aliphatic carbocycles. The van der Waals surface area contributed by atoms with Crippen molar-refractivity contribution in [3.8, 4) is 5.75 Å². The Bertz CT molecular complexity index is 671. The molecule has 0 unspecified atom stereocenters. The van der Waals surface area contributed by atoms with Crippen LogP contribution in [0.5, 0.6) is 5.75 Å². The summed E-state index contributed by atoms with van der Waals surface area (Å²) in [4.78, 5) is 10.9. The van der Waals surface area contributed by atoms with E-state index in [4.69, 9.17) is 16.7 Å². The molecule has 0 spiro atoms. The number of carboxylic acids is 1. The van der Waals surface area contributed by atoms with Crippen molar-refractivity contribution in [3.05, 3.63) is 58.6 Å². The minimum atomic E-state index is -1.06. The van der Waals surface area contributed by atoms with Crippen molar-refractivity contribution < 1.29 is 15.0 Å². The smallest absolute Gasteiger partial charge is 0.335 e. The maximum absolute atomic E-state index is 11.4. The van der Waals surface area contributed by atoms with Crippen molar-refractivity contribution in [2.24, 2.45) is 5.10 Å². The molecular formula is C14H10ClN2O3-. The fourth-order valence-electron chi connectivity index (χ4n) is 1.50. The highest BCUT2D eigenvalue weighted by Gasteiger charge is 2.06. The molecule has 2 aromatic carbocycles. The van der Waals surface area contributed by atoms with E-state index in [1.807, 2.05) is 0 Å². The van der Waals surface area contributed by atoms with E-state index >= 15 is 0 Å². The highest BCUT2D eigenvalue weighted by Crippen LogP contribution is 2.23. The average molecular weight is 290 g/mol. The highest BCUT2D eigenvalue weighted by molar-refractivity contribution is 6.33. The van der Waals surface area contributed by atoms with Crippen molar-refractivity contribution in [2.45, 2.75) is 0 Å². The molecule has 0 aromatic heterocycles. The molecule has 0 amide bonds. The van der Waals surface area contributed by atoms with Gasteiger partial charge in [0.1, 0.15) is 0 Å². The number of nitrogens with one attached hydrogen (secondary N) is 1. The fourth-order valence-corrected chi connectivity index (χ4v) is 1.66. The first-order valence-electron chi connectivity index (χ1n) is 5.66. The normalized spacial score (nSPS) is 10.7. The average Bonchev–Trinajstić information content (AvgIpc) is 2.42. The summed E-state index contributed by atoms with van der Waals surface area (Å²) in [6, 6.07) is 10.6. The number of hydrogen-bond acceptors (Lipinski definition) is 4. The van der Waals surface area contributed by atoms with Gasteiger partial charge in [0.25, 0.3) is 0 Å². The largest absolute Gasteiger partial charge is 0.872 e. The van der Waals surface area contributed by atoms with Crippen LogP contribution < -0.4 is 10.5 Å². The van der Waals surface area contributed by atoms with Crippen molar-refractivity contribution in [1.82, 2.24) is 0 Å². The topological polar surface area (TPSA) is 84.8 Å². The number of halogens is 1. The van der Waals surface area contributed by atoms with Gasteiger partial charge in [-0.3, -0.25) is 5.43 Å². The summed E-state index contributed by atoms with van der Waals surface area (Å²) in [7, 11) is 0. The highest BCUT2D eigenvalue weighted by atomic mass is 35.5. The van der Waals surface area contributed by atoms with Crippen LogP contribution in [0.3, 0.4) is 0 Å². The van der Waals surface area contributed by atoms with Gasteiger partial charge in [-0.15, -0.1) is 0 Å². The van der Waals surface area contributed by atoms with Crippen molar-refractivity contribution in [3.63, 3.8) is 0 Å². The SMILES string of the molecule is O=C(O)c1ccc(Cl)c(N/N=C/c2ccccc2[O-])c1. The van der Waals surface area contributed by atoms with E-state index < -0.39 is 5.97 Å². The summed E-state index contributed by atoms with van der Waals surface area (Å²) in [5.41, 5.74) is 3.49. The van der Waals surface area contributed by atoms with Crippen molar-refractivity contribution >= 4 is 29.5 Å². The number of hydrogen-bond donors (Lipinski definition) is 2. The number of para-hydroxylation sites is 1. The summed E-state index contributed by atoms with van der Waals surface area (Å²) in [5.74, 6) is -1.21. The van der Waals surface area contributed by atoms with Crippen LogP contribution in [0.4, 0.5) is 5.69 Å². The molecule has 102 valence electrons. The first-order valence-corrected chi connectivity index (χ1v) is 6.03. The number of carboxylic acid groups (broad SMARTS) is 1. The summed E-state index contributed by atoms with van der Waals surface area (Å²) < 4.78 is 0. The first-order chi connectivity index (χ1) is 9.58. The van der Waals surface area contributed by atoms with Crippen LogP contribution in [0.15, 0.2) is 47.6 Å². The van der Waals surface area contributed by atoms with Gasteiger partial charge in [0.15, 0.2) is 0 Å². The summed E-state index contributed by atoms with van der Waals surface area (Å²) in [6.45, 7) is 0. The number of rotatable bonds is 4. The van der Waals surface area contributed by atoms with Crippen LogP contribution >= 0.6 is 11.6 Å². The summed E-state index contributed by atoms with van der Waals surface area (Å²) in [5, 5.41) is 24.6. The first kappa shape index (κ1) is 13.9. The Morgan fingerprint density at radius 1 is 1.30 bits per heavy atom. The second-order valence-corrected chi connectivity index (χ2v) is 4.31. The Kier molecular flexibility index (Phi) is 4.22. The minimum absolute atomic E-state index is 0.0938. The second kappa shape index (κ2) is 6.08. The third-order valence-corrected chi connectivity index (χ3v) is 2.85. The van der Waals surface area contributed by atoms with Crippen LogP contribution in [-0.4, -0.2) is 17.3 Å². The zero-order valence-corrected chi connectivity index (χ0v) is 11.0. The van der Waals surface area contributed by atoms with Gasteiger partial charge in [0, 0.05) is 0 Å². The second-order valence-electron chi connectivity index (χ2n) is 3.91. The number of carbonyl (C=O) groups is 1. The van der Waals surface area contributed by atoms with E-state index in [0.717, 1.165) is 0 Å². The Labute approximate surface area is 120 Å². The monoisotopic (exact) mass is 289 g/mol. The standard InChI is InChI=1S/C14H11ClN2O3/c15-11-6-5-9(14(19)20)7-12(11)17-16-8-10-3-1-2-4-13(10)18/h1-8,17-18H,(H,19,20)/p-1/b16-8+. The predicted molar refractivity (Wildman–Crippen MR) is 75.5 cm³/mol. The molecule has 0 fully saturated rings. The van der Waals surface area contributed by atoms with E-state index in [-0.39, 0.29) is 11.3 Å². The Morgan fingerprint density at radius 3 is 2.75 bits per heavy atom. The molecule has 0 saturated heterocycles. The van der Waals surface area contributed by atoms with Gasteiger partial charge in [-0.1, -0.05) is 41.6 Å². The third kappa shape index (κ3) is 3.27. The van der Waals surface area contributed by atoms with Gasteiger partial charge >= 0.3 is 5.97 Å². The van der Waals surface area contributed by atoms with Gasteiger partial charge in [-0.2, -0.15) is 5.10 Å². The number of benzene rings is 2. The maximum atomic E-state index is 11.4. The molecule has 0 saturated carbocycles. The summed E-state index contributed by atoms with van der Waals surface area (Å²) >= 11 is 5.92. The molecule has 0 heterocycles. The molecule has 0 radical (unpaired) electrons. The van der Waals surface area contributed by atoms with Crippen molar-refractivity contribution in [1.29, 1.82) is 0 Å². The molecule has 20 heavy (non-hydrogen) atoms. The molecule has 0 aliphatic heterocycles. The fraction of sp³-hybridized carbons (Fsp3) is 0. The van der Waals surface area contributed by atoms with E-state index in [2.05, 4.69) is 10.5 Å². The van der Waals surface area contributed by atoms with E-state index in [0.29, 0.717) is 16.3 Å². The zero-order chi connectivity index (χ0) is 14.5. The maximum Gasteiger partial charge on any atom is 0.335 e. The zero-order valence-electron chi connectivity index (χ0n) is 10.2. The quantitative estimate of drug-likeness (QED) is 0.669. The lowest BCUT2D eigenvalue weighted by atomic mass is 10.2. The number of hydrazone groups is 1. The van der Waals surface area contributed by atoms with Gasteiger partial charge in [-0.05, 0) is 23.8 Å². The molecule has 0 bridgehead atoms. The molecule has 6 heteroatoms. The summed E-state index contributed by atoms with van der Waals surface area (Å²) in [6.07, 6.45) is 1.35. The van der Waals surface area contributed by atoms with E-state index in [9.17, 15) is 9.90 Å².